The predicted octanol–water partition coefficient (Wildman–Crippen LogP) is 9.52. The molecule has 4 unspecified atom stereocenters. The SMILES string of the molecule is Cc1ncccc1Nc1cc(C2CCC(c3cc([N+](=O)[O-])ccc3OC(=O)Oc3ccc([N+](=O)[O-])cc3C3CCC(c4cc(Nc5cccnc5C)n[nH]4)C3)C2)[nH]n1. The number of aromatic amines is 2. The van der Waals surface area contributed by atoms with Gasteiger partial charge in [-0.3, -0.25) is 40.4 Å². The number of pyridine rings is 2. The van der Waals surface area contributed by atoms with E-state index >= 15 is 0 Å². The summed E-state index contributed by atoms with van der Waals surface area (Å²) in [6.07, 6.45) is 6.59. The van der Waals surface area contributed by atoms with E-state index in [1.54, 1.807) is 12.4 Å². The zero-order valence-electron chi connectivity index (χ0n) is 31.7. The molecule has 0 bridgehead atoms. The van der Waals surface area contributed by atoms with Crippen LogP contribution in [0, 0.1) is 34.1 Å². The Labute approximate surface area is 331 Å². The lowest BCUT2D eigenvalue weighted by Crippen LogP contribution is -2.17. The molecule has 0 radical (unpaired) electrons. The van der Waals surface area contributed by atoms with Gasteiger partial charge in [0.15, 0.2) is 11.6 Å². The Bertz CT molecular complexity index is 2330. The molecule has 4 heterocycles. The lowest BCUT2D eigenvalue weighted by atomic mass is 9.94. The maximum Gasteiger partial charge on any atom is 0.519 e. The van der Waals surface area contributed by atoms with Gasteiger partial charge in [0.1, 0.15) is 11.5 Å². The number of anilines is 4. The minimum absolute atomic E-state index is 0.0787. The maximum absolute atomic E-state index is 13.5. The molecular weight excluding hydrogens is 745 g/mol. The molecular formula is C41H40N10O7. The van der Waals surface area contributed by atoms with Crippen molar-refractivity contribution in [2.45, 2.75) is 76.0 Å². The largest absolute Gasteiger partial charge is 0.519 e. The van der Waals surface area contributed by atoms with Crippen LogP contribution in [0.5, 0.6) is 11.5 Å². The van der Waals surface area contributed by atoms with E-state index in [0.717, 1.165) is 47.0 Å². The van der Waals surface area contributed by atoms with Crippen molar-refractivity contribution in [2.24, 2.45) is 0 Å². The quantitative estimate of drug-likeness (QED) is 0.0392. The lowest BCUT2D eigenvalue weighted by Gasteiger charge is -2.17. The number of nitrogens with one attached hydrogen (secondary N) is 4. The van der Waals surface area contributed by atoms with Crippen molar-refractivity contribution in [1.82, 2.24) is 30.4 Å². The molecule has 296 valence electrons. The fraction of sp³-hybridized carbons (Fsp3) is 0.293. The number of carbonyl (C=O) groups excluding carboxylic acids is 1. The molecule has 0 spiro atoms. The first-order chi connectivity index (χ1) is 28.1. The molecule has 2 fully saturated rings. The van der Waals surface area contributed by atoms with Crippen molar-refractivity contribution < 1.29 is 24.1 Å². The first-order valence-corrected chi connectivity index (χ1v) is 19.0. The number of nitrogens with zero attached hydrogens (tertiary/aromatic N) is 6. The second-order valence-corrected chi connectivity index (χ2v) is 14.8. The molecule has 4 atom stereocenters. The third-order valence-electron chi connectivity index (χ3n) is 11.2. The monoisotopic (exact) mass is 784 g/mol. The summed E-state index contributed by atoms with van der Waals surface area (Å²) in [6, 6.07) is 19.7. The Morgan fingerprint density at radius 3 is 1.50 bits per heavy atom. The van der Waals surface area contributed by atoms with Gasteiger partial charge in [0.25, 0.3) is 11.4 Å². The molecule has 8 rings (SSSR count). The van der Waals surface area contributed by atoms with E-state index in [2.05, 4.69) is 41.0 Å². The second-order valence-electron chi connectivity index (χ2n) is 14.8. The zero-order valence-corrected chi connectivity index (χ0v) is 31.7. The number of ether oxygens (including phenoxy) is 2. The van der Waals surface area contributed by atoms with E-state index in [1.165, 1.54) is 36.4 Å². The summed E-state index contributed by atoms with van der Waals surface area (Å²) in [6.45, 7) is 3.81. The number of hydrogen-bond acceptors (Lipinski definition) is 13. The molecule has 0 aliphatic heterocycles. The number of benzene rings is 2. The van der Waals surface area contributed by atoms with E-state index in [9.17, 15) is 25.0 Å². The van der Waals surface area contributed by atoms with Crippen LogP contribution in [0.15, 0.2) is 85.2 Å². The summed E-state index contributed by atoms with van der Waals surface area (Å²) >= 11 is 0. The maximum atomic E-state index is 13.5. The van der Waals surface area contributed by atoms with Crippen molar-refractivity contribution in [3.8, 4) is 11.5 Å². The number of rotatable bonds is 12. The number of nitro benzene ring substituents is 2. The lowest BCUT2D eigenvalue weighted by molar-refractivity contribution is -0.385. The molecule has 17 nitrogen and oxygen atoms in total. The number of carbonyl (C=O) groups is 1. The summed E-state index contributed by atoms with van der Waals surface area (Å²) in [5.74, 6) is 1.43. The Kier molecular flexibility index (Phi) is 10.5. The van der Waals surface area contributed by atoms with Gasteiger partial charge in [-0.15, -0.1) is 0 Å². The summed E-state index contributed by atoms with van der Waals surface area (Å²) in [5, 5.41) is 45.4. The standard InChI is InChI=1S/C41H40N10O7/c1-23-33(5-3-15-42-23)44-39-21-35(46-48-39)27-9-7-25(17-27)31-19-29(50(53)54)11-13-37(31)57-41(52)58-38-14-12-30(51(55)56)20-32(38)26-8-10-28(18-26)36-22-40(49-47-36)45-34-6-4-16-43-24(34)2/h3-6,11-16,19-22,25-28H,7-10,17-18H2,1-2H3,(H2,44,46,48)(H2,45,47,49). The molecule has 0 amide bonds. The Morgan fingerprint density at radius 1 is 0.655 bits per heavy atom. The highest BCUT2D eigenvalue weighted by Crippen LogP contribution is 2.48. The minimum atomic E-state index is -1.06. The van der Waals surface area contributed by atoms with Gasteiger partial charge in [0.05, 0.1) is 32.6 Å². The molecule has 6 aromatic rings. The first-order valence-electron chi connectivity index (χ1n) is 19.0. The third-order valence-corrected chi connectivity index (χ3v) is 11.2. The molecule has 0 saturated heterocycles. The van der Waals surface area contributed by atoms with Crippen LogP contribution in [0.1, 0.15) is 96.1 Å². The van der Waals surface area contributed by atoms with Crippen LogP contribution in [0.2, 0.25) is 0 Å². The van der Waals surface area contributed by atoms with Gasteiger partial charge >= 0.3 is 6.16 Å². The zero-order chi connectivity index (χ0) is 40.3. The van der Waals surface area contributed by atoms with Gasteiger partial charge in [-0.25, -0.2) is 4.79 Å². The third kappa shape index (κ3) is 8.18. The van der Waals surface area contributed by atoms with E-state index in [4.69, 9.17) is 9.47 Å². The Hall–Kier alpha value is -7.17. The number of aromatic nitrogens is 6. The summed E-state index contributed by atoms with van der Waals surface area (Å²) < 4.78 is 11.6. The van der Waals surface area contributed by atoms with Crippen LogP contribution >= 0.6 is 0 Å². The Morgan fingerprint density at radius 2 is 1.09 bits per heavy atom. The van der Waals surface area contributed by atoms with E-state index in [1.807, 2.05) is 50.2 Å². The molecule has 2 aliphatic carbocycles. The first kappa shape index (κ1) is 37.7. The van der Waals surface area contributed by atoms with Crippen LogP contribution in [-0.4, -0.2) is 46.4 Å². The molecule has 58 heavy (non-hydrogen) atoms. The summed E-state index contributed by atoms with van der Waals surface area (Å²) in [7, 11) is 0. The molecule has 2 aliphatic rings. The second kappa shape index (κ2) is 16.1. The highest BCUT2D eigenvalue weighted by Gasteiger charge is 2.34. The van der Waals surface area contributed by atoms with Crippen molar-refractivity contribution >= 4 is 40.5 Å². The van der Waals surface area contributed by atoms with Crippen LogP contribution in [0.4, 0.5) is 39.2 Å². The molecule has 4 aromatic heterocycles. The highest BCUT2D eigenvalue weighted by molar-refractivity contribution is 5.69. The highest BCUT2D eigenvalue weighted by atomic mass is 16.7. The minimum Gasteiger partial charge on any atom is -0.394 e. The number of non-ortho nitro benzene ring substituents is 2. The molecule has 2 aromatic carbocycles. The van der Waals surface area contributed by atoms with Crippen LogP contribution in [-0.2, 0) is 0 Å². The van der Waals surface area contributed by atoms with Gasteiger partial charge in [-0.2, -0.15) is 10.2 Å². The van der Waals surface area contributed by atoms with Crippen LogP contribution < -0.4 is 20.1 Å². The van der Waals surface area contributed by atoms with Gasteiger partial charge in [0, 0.05) is 83.1 Å². The van der Waals surface area contributed by atoms with Crippen LogP contribution in [0.25, 0.3) is 0 Å². The summed E-state index contributed by atoms with van der Waals surface area (Å²) in [4.78, 5) is 44.8. The predicted molar refractivity (Wildman–Crippen MR) is 213 cm³/mol. The molecule has 4 N–H and O–H groups in total. The van der Waals surface area contributed by atoms with Crippen molar-refractivity contribution in [2.75, 3.05) is 10.6 Å². The molecule has 2 saturated carbocycles. The van der Waals surface area contributed by atoms with Crippen molar-refractivity contribution in [3.63, 3.8) is 0 Å². The van der Waals surface area contributed by atoms with Gasteiger partial charge in [0.2, 0.25) is 0 Å². The fourth-order valence-electron chi connectivity index (χ4n) is 8.14. The normalized spacial score (nSPS) is 18.8. The van der Waals surface area contributed by atoms with Gasteiger partial charge in [-0.1, -0.05) is 0 Å². The van der Waals surface area contributed by atoms with Crippen molar-refractivity contribution in [1.29, 1.82) is 0 Å². The summed E-state index contributed by atoms with van der Waals surface area (Å²) in [5.41, 5.74) is 6.00. The van der Waals surface area contributed by atoms with Crippen LogP contribution in [0.3, 0.4) is 0 Å². The number of H-pyrrole nitrogens is 2. The fourth-order valence-corrected chi connectivity index (χ4v) is 8.14. The van der Waals surface area contributed by atoms with E-state index < -0.39 is 16.0 Å². The molecule has 17 heteroatoms. The smallest absolute Gasteiger partial charge is 0.394 e. The number of hydrogen-bond donors (Lipinski definition) is 4. The average molecular weight is 785 g/mol. The van der Waals surface area contributed by atoms with Gasteiger partial charge in [-0.05, 0) is 101 Å². The Balaban J connectivity index is 0.967. The van der Waals surface area contributed by atoms with Gasteiger partial charge < -0.3 is 20.1 Å². The van der Waals surface area contributed by atoms with E-state index in [0.29, 0.717) is 48.4 Å². The van der Waals surface area contributed by atoms with Crippen molar-refractivity contribution in [3.05, 3.63) is 139 Å². The number of nitro groups is 2. The topological polar surface area (TPSA) is 229 Å². The number of aryl methyl sites for hydroxylation is 2. The average Bonchev–Trinajstić information content (AvgIpc) is 4.05. The van der Waals surface area contributed by atoms with E-state index in [-0.39, 0.29) is 46.5 Å².